The van der Waals surface area contributed by atoms with Crippen molar-refractivity contribution in [3.05, 3.63) is 23.4 Å². The van der Waals surface area contributed by atoms with E-state index in [1.165, 1.54) is 0 Å². The molecule has 0 radical (unpaired) electrons. The van der Waals surface area contributed by atoms with Crippen LogP contribution < -0.4 is 11.1 Å². The zero-order valence-electron chi connectivity index (χ0n) is 17.7. The van der Waals surface area contributed by atoms with E-state index in [0.717, 1.165) is 42.8 Å². The number of aliphatic carboxylic acids is 1. The van der Waals surface area contributed by atoms with E-state index in [4.69, 9.17) is 10.8 Å². The average molecular weight is 435 g/mol. The van der Waals surface area contributed by atoms with Crippen molar-refractivity contribution >= 4 is 11.8 Å². The van der Waals surface area contributed by atoms with Gasteiger partial charge in [-0.05, 0) is 50.3 Å². The molecular weight excluding hydrogens is 401 g/mol. The molecule has 1 aromatic heterocycles. The number of carboxylic acid groups (broad SMARTS) is 1. The van der Waals surface area contributed by atoms with Crippen LogP contribution in [0.5, 0.6) is 0 Å². The second-order valence-corrected chi connectivity index (χ2v) is 7.11. The van der Waals surface area contributed by atoms with Gasteiger partial charge in [0, 0.05) is 25.8 Å². The fourth-order valence-corrected chi connectivity index (χ4v) is 2.97. The highest BCUT2D eigenvalue weighted by atomic mass is 19.4. The van der Waals surface area contributed by atoms with E-state index in [9.17, 15) is 18.0 Å². The largest absolute Gasteiger partial charge is 0.480 e. The molecule has 10 heteroatoms. The van der Waals surface area contributed by atoms with Crippen LogP contribution in [0.3, 0.4) is 0 Å². The van der Waals surface area contributed by atoms with Gasteiger partial charge in [0.15, 0.2) is 0 Å². The third kappa shape index (κ3) is 10.7. The highest BCUT2D eigenvalue weighted by molar-refractivity contribution is 5.72. The molecule has 0 aliphatic carbocycles. The molecule has 0 aliphatic rings. The van der Waals surface area contributed by atoms with Crippen molar-refractivity contribution in [3.63, 3.8) is 0 Å². The quantitative estimate of drug-likeness (QED) is 0.365. The summed E-state index contributed by atoms with van der Waals surface area (Å²) < 4.78 is 41.3. The lowest BCUT2D eigenvalue weighted by atomic mass is 10.1. The Morgan fingerprint density at radius 2 is 2.03 bits per heavy atom. The van der Waals surface area contributed by atoms with Crippen molar-refractivity contribution in [2.75, 3.05) is 45.2 Å². The van der Waals surface area contributed by atoms with E-state index in [0.29, 0.717) is 13.1 Å². The van der Waals surface area contributed by atoms with Gasteiger partial charge >= 0.3 is 12.1 Å². The number of ether oxygens (including phenoxy) is 1. The van der Waals surface area contributed by atoms with Gasteiger partial charge in [-0.2, -0.15) is 13.2 Å². The van der Waals surface area contributed by atoms with Gasteiger partial charge in [-0.1, -0.05) is 13.0 Å². The predicted molar refractivity (Wildman–Crippen MR) is 110 cm³/mol. The maximum Gasteiger partial charge on any atom is 0.411 e. The van der Waals surface area contributed by atoms with Gasteiger partial charge in [-0.15, -0.1) is 0 Å². The summed E-state index contributed by atoms with van der Waals surface area (Å²) in [6.45, 7) is 2.00. The number of unbranched alkanes of at least 4 members (excludes halogenated alkanes) is 1. The molecule has 1 heterocycles. The SMILES string of the molecule is CCc1ccc(CCCCN(CCOCC(F)(F)F)CCC(N)C(=O)O)nc1NC. The van der Waals surface area contributed by atoms with Crippen LogP contribution in [0, 0.1) is 0 Å². The Kier molecular flexibility index (Phi) is 11.7. The number of carboxylic acids is 1. The maximum atomic E-state index is 12.2. The van der Waals surface area contributed by atoms with E-state index >= 15 is 0 Å². The Bertz CT molecular complexity index is 644. The zero-order chi connectivity index (χ0) is 22.6. The number of nitrogens with two attached hydrogens (primary N) is 1. The first kappa shape index (κ1) is 26.1. The summed E-state index contributed by atoms with van der Waals surface area (Å²) in [5.74, 6) is -0.216. The topological polar surface area (TPSA) is 101 Å². The summed E-state index contributed by atoms with van der Waals surface area (Å²) in [6.07, 6.45) is -0.803. The van der Waals surface area contributed by atoms with Gasteiger partial charge < -0.3 is 25.8 Å². The number of nitrogens with one attached hydrogen (secondary N) is 1. The number of aryl methyl sites for hydroxylation is 2. The molecule has 7 nitrogen and oxygen atoms in total. The normalized spacial score (nSPS) is 12.9. The summed E-state index contributed by atoms with van der Waals surface area (Å²) in [7, 11) is 1.84. The minimum atomic E-state index is -4.36. The molecule has 1 unspecified atom stereocenters. The van der Waals surface area contributed by atoms with Crippen LogP contribution in [0.1, 0.15) is 37.4 Å². The lowest BCUT2D eigenvalue weighted by molar-refractivity contribution is -0.174. The van der Waals surface area contributed by atoms with E-state index in [2.05, 4.69) is 28.0 Å². The first-order valence-corrected chi connectivity index (χ1v) is 10.2. The maximum absolute atomic E-state index is 12.2. The summed E-state index contributed by atoms with van der Waals surface area (Å²) in [4.78, 5) is 17.4. The molecule has 0 aliphatic heterocycles. The molecule has 172 valence electrons. The highest BCUT2D eigenvalue weighted by Crippen LogP contribution is 2.16. The van der Waals surface area contributed by atoms with E-state index in [1.807, 2.05) is 18.0 Å². The molecule has 0 fully saturated rings. The van der Waals surface area contributed by atoms with Crippen LogP contribution in [0.2, 0.25) is 0 Å². The van der Waals surface area contributed by atoms with Crippen molar-refractivity contribution in [1.82, 2.24) is 9.88 Å². The van der Waals surface area contributed by atoms with Crippen molar-refractivity contribution in [2.45, 2.75) is 51.2 Å². The minimum Gasteiger partial charge on any atom is -0.480 e. The lowest BCUT2D eigenvalue weighted by Gasteiger charge is -2.23. The number of rotatable bonds is 15. The molecule has 0 bridgehead atoms. The lowest BCUT2D eigenvalue weighted by Crippen LogP contribution is -2.37. The fourth-order valence-electron chi connectivity index (χ4n) is 2.97. The molecular formula is C20H33F3N4O3. The number of halogens is 3. The van der Waals surface area contributed by atoms with Gasteiger partial charge in [0.2, 0.25) is 0 Å². The molecule has 4 N–H and O–H groups in total. The van der Waals surface area contributed by atoms with Gasteiger partial charge in [0.05, 0.1) is 6.61 Å². The first-order chi connectivity index (χ1) is 14.2. The van der Waals surface area contributed by atoms with Crippen LogP contribution in [0.25, 0.3) is 0 Å². The Morgan fingerprint density at radius 3 is 2.63 bits per heavy atom. The highest BCUT2D eigenvalue weighted by Gasteiger charge is 2.27. The molecule has 30 heavy (non-hydrogen) atoms. The van der Waals surface area contributed by atoms with Crippen LogP contribution in [-0.4, -0.2) is 73.1 Å². The van der Waals surface area contributed by atoms with E-state index < -0.39 is 24.8 Å². The number of nitrogens with zero attached hydrogens (tertiary/aromatic N) is 2. The summed E-state index contributed by atoms with van der Waals surface area (Å²) in [5.41, 5.74) is 7.67. The summed E-state index contributed by atoms with van der Waals surface area (Å²) in [5, 5.41) is 12.0. The van der Waals surface area contributed by atoms with Crippen LogP contribution in [-0.2, 0) is 22.4 Å². The second-order valence-electron chi connectivity index (χ2n) is 7.11. The van der Waals surface area contributed by atoms with Crippen LogP contribution in [0.15, 0.2) is 12.1 Å². The van der Waals surface area contributed by atoms with Gasteiger partial charge in [-0.25, -0.2) is 4.98 Å². The number of hydrogen-bond donors (Lipinski definition) is 3. The molecule has 0 aromatic carbocycles. The van der Waals surface area contributed by atoms with E-state index in [1.54, 1.807) is 0 Å². The number of pyridine rings is 1. The molecule has 1 aromatic rings. The predicted octanol–water partition coefficient (Wildman–Crippen LogP) is 2.69. The average Bonchev–Trinajstić information content (AvgIpc) is 2.70. The fraction of sp³-hybridized carbons (Fsp3) is 0.700. The van der Waals surface area contributed by atoms with Crippen LogP contribution in [0.4, 0.5) is 19.0 Å². The molecule has 0 spiro atoms. The van der Waals surface area contributed by atoms with Crippen LogP contribution >= 0.6 is 0 Å². The number of carbonyl (C=O) groups is 1. The third-order valence-corrected chi connectivity index (χ3v) is 4.70. The Hall–Kier alpha value is -1.91. The first-order valence-electron chi connectivity index (χ1n) is 10.2. The third-order valence-electron chi connectivity index (χ3n) is 4.70. The Morgan fingerprint density at radius 1 is 1.30 bits per heavy atom. The van der Waals surface area contributed by atoms with Crippen molar-refractivity contribution in [3.8, 4) is 0 Å². The molecule has 0 amide bonds. The van der Waals surface area contributed by atoms with Crippen molar-refractivity contribution in [2.24, 2.45) is 5.73 Å². The molecule has 1 atom stereocenters. The van der Waals surface area contributed by atoms with Gasteiger partial charge in [0.1, 0.15) is 18.5 Å². The monoisotopic (exact) mass is 434 g/mol. The van der Waals surface area contributed by atoms with Crippen molar-refractivity contribution in [1.29, 1.82) is 0 Å². The van der Waals surface area contributed by atoms with Gasteiger partial charge in [-0.3, -0.25) is 4.79 Å². The smallest absolute Gasteiger partial charge is 0.411 e. The number of anilines is 1. The van der Waals surface area contributed by atoms with Crippen molar-refractivity contribution < 1.29 is 27.8 Å². The minimum absolute atomic E-state index is 0.0760. The summed E-state index contributed by atoms with van der Waals surface area (Å²) in [6, 6.07) is 3.07. The second kappa shape index (κ2) is 13.4. The molecule has 0 saturated heterocycles. The Balaban J connectivity index is 2.47. The number of aromatic nitrogens is 1. The Labute approximate surface area is 175 Å². The standard InChI is InChI=1S/C20H33F3N4O3/c1-3-15-7-8-16(26-18(15)25-2)6-4-5-10-27(11-9-17(24)19(28)29)12-13-30-14-20(21,22)23/h7-8,17H,3-6,9-14,24H2,1-2H3,(H,25,26)(H,28,29). The number of alkyl halides is 3. The van der Waals surface area contributed by atoms with E-state index in [-0.39, 0.29) is 19.6 Å². The summed E-state index contributed by atoms with van der Waals surface area (Å²) >= 11 is 0. The number of hydrogen-bond acceptors (Lipinski definition) is 6. The molecule has 0 saturated carbocycles. The zero-order valence-corrected chi connectivity index (χ0v) is 17.7. The van der Waals surface area contributed by atoms with Gasteiger partial charge in [0.25, 0.3) is 0 Å². The molecule has 1 rings (SSSR count).